The average Bonchev–Trinajstić information content (AvgIpc) is 2.54. The van der Waals surface area contributed by atoms with Gasteiger partial charge in [0.1, 0.15) is 5.82 Å². The molecule has 0 spiro atoms. The lowest BCUT2D eigenvalue weighted by molar-refractivity contribution is 0.0685. The van der Waals surface area contributed by atoms with Crippen LogP contribution >= 0.6 is 0 Å². The first-order chi connectivity index (χ1) is 10.3. The van der Waals surface area contributed by atoms with Crippen LogP contribution in [0.25, 0.3) is 0 Å². The highest BCUT2D eigenvalue weighted by atomic mass is 16.5. The number of hydrogen-bond donors (Lipinski definition) is 1. The summed E-state index contributed by atoms with van der Waals surface area (Å²) in [6.07, 6.45) is 7.17. The predicted molar refractivity (Wildman–Crippen MR) is 85.6 cm³/mol. The van der Waals surface area contributed by atoms with Crippen molar-refractivity contribution in [3.8, 4) is 0 Å². The minimum atomic E-state index is 0.577. The number of anilines is 1. The van der Waals surface area contributed by atoms with Gasteiger partial charge in [-0.1, -0.05) is 0 Å². The molecule has 21 heavy (non-hydrogen) atoms. The molecule has 2 aliphatic rings. The summed E-state index contributed by atoms with van der Waals surface area (Å²) in [5.41, 5.74) is 9.89. The Morgan fingerprint density at radius 2 is 2.05 bits per heavy atom. The highest BCUT2D eigenvalue weighted by Gasteiger charge is 2.20. The largest absolute Gasteiger partial charge is 0.381 e. The third-order valence-electron chi connectivity index (χ3n) is 4.81. The maximum atomic E-state index is 5.97. The van der Waals surface area contributed by atoms with Gasteiger partial charge < -0.3 is 15.4 Å². The van der Waals surface area contributed by atoms with Crippen LogP contribution in [0.5, 0.6) is 0 Å². The zero-order valence-corrected chi connectivity index (χ0v) is 13.1. The van der Waals surface area contributed by atoms with E-state index in [4.69, 9.17) is 15.5 Å². The highest BCUT2D eigenvalue weighted by Crippen LogP contribution is 2.27. The van der Waals surface area contributed by atoms with Gasteiger partial charge in [-0.2, -0.15) is 0 Å². The fraction of sp³-hybridized carbons (Fsp3) is 0.706. The number of nitrogens with zero attached hydrogens (tertiary/aromatic N) is 2. The second-order valence-electron chi connectivity index (χ2n) is 6.42. The minimum Gasteiger partial charge on any atom is -0.381 e. The van der Waals surface area contributed by atoms with Crippen LogP contribution in [-0.2, 0) is 24.1 Å². The molecule has 0 bridgehead atoms. The molecular formula is C17H27N3O. The number of ether oxygens (including phenoxy) is 1. The topological polar surface area (TPSA) is 51.4 Å². The molecule has 1 aromatic rings. The smallest absolute Gasteiger partial charge is 0.133 e. The van der Waals surface area contributed by atoms with Gasteiger partial charge in [-0.25, -0.2) is 4.98 Å². The summed E-state index contributed by atoms with van der Waals surface area (Å²) in [5, 5.41) is 0. The van der Waals surface area contributed by atoms with Gasteiger partial charge >= 0.3 is 0 Å². The molecule has 0 amide bonds. The van der Waals surface area contributed by atoms with Crippen molar-refractivity contribution < 1.29 is 4.74 Å². The van der Waals surface area contributed by atoms with Gasteiger partial charge in [-0.15, -0.1) is 0 Å². The number of aromatic nitrogens is 1. The second kappa shape index (κ2) is 6.75. The van der Waals surface area contributed by atoms with E-state index in [9.17, 15) is 0 Å². The molecule has 1 aliphatic carbocycles. The van der Waals surface area contributed by atoms with Crippen molar-refractivity contribution in [2.45, 2.75) is 45.1 Å². The van der Waals surface area contributed by atoms with E-state index in [0.29, 0.717) is 12.5 Å². The van der Waals surface area contributed by atoms with Gasteiger partial charge in [-0.3, -0.25) is 0 Å². The molecule has 116 valence electrons. The van der Waals surface area contributed by atoms with Crippen molar-refractivity contribution in [3.63, 3.8) is 0 Å². The van der Waals surface area contributed by atoms with Gasteiger partial charge in [0.15, 0.2) is 0 Å². The molecule has 2 N–H and O–H groups in total. The standard InChI is InChI=1S/C17H27N3O/c1-20(12-13-6-8-21-9-7-13)17-15(11-18)10-14-4-2-3-5-16(14)19-17/h10,13H,2-9,11-12,18H2,1H3. The SMILES string of the molecule is CN(CC1CCOCC1)c1nc2c(cc1CN)CCCC2. The van der Waals surface area contributed by atoms with Gasteiger partial charge in [0.05, 0.1) is 0 Å². The molecule has 1 fully saturated rings. The number of hydrogen-bond acceptors (Lipinski definition) is 4. The Hall–Kier alpha value is -1.13. The lowest BCUT2D eigenvalue weighted by Gasteiger charge is -2.30. The number of pyridine rings is 1. The first-order valence-electron chi connectivity index (χ1n) is 8.28. The minimum absolute atomic E-state index is 0.577. The fourth-order valence-corrected chi connectivity index (χ4v) is 3.55. The summed E-state index contributed by atoms with van der Waals surface area (Å²) < 4.78 is 5.45. The summed E-state index contributed by atoms with van der Waals surface area (Å²) in [4.78, 5) is 7.28. The summed E-state index contributed by atoms with van der Waals surface area (Å²) in [6, 6.07) is 2.30. The molecule has 0 radical (unpaired) electrons. The zero-order valence-electron chi connectivity index (χ0n) is 13.1. The Labute approximate surface area is 127 Å². The van der Waals surface area contributed by atoms with Gasteiger partial charge in [0.2, 0.25) is 0 Å². The summed E-state index contributed by atoms with van der Waals surface area (Å²) in [6.45, 7) is 3.44. The maximum absolute atomic E-state index is 5.97. The molecule has 0 atom stereocenters. The van der Waals surface area contributed by atoms with Crippen molar-refractivity contribution in [2.24, 2.45) is 11.7 Å². The van der Waals surface area contributed by atoms with E-state index in [-0.39, 0.29) is 0 Å². The highest BCUT2D eigenvalue weighted by molar-refractivity contribution is 5.50. The molecule has 0 saturated carbocycles. The molecular weight excluding hydrogens is 262 g/mol. The van der Waals surface area contributed by atoms with Crippen LogP contribution in [-0.4, -0.2) is 31.8 Å². The fourth-order valence-electron chi connectivity index (χ4n) is 3.55. The molecule has 0 unspecified atom stereocenters. The van der Waals surface area contributed by atoms with Gasteiger partial charge in [0.25, 0.3) is 0 Å². The van der Waals surface area contributed by atoms with E-state index in [1.807, 2.05) is 0 Å². The van der Waals surface area contributed by atoms with Crippen LogP contribution < -0.4 is 10.6 Å². The quantitative estimate of drug-likeness (QED) is 0.924. The number of rotatable bonds is 4. The van der Waals surface area contributed by atoms with E-state index in [2.05, 4.69) is 18.0 Å². The lowest BCUT2D eigenvalue weighted by Crippen LogP contribution is -2.31. The van der Waals surface area contributed by atoms with Crippen LogP contribution in [0.1, 0.15) is 42.5 Å². The molecule has 0 aromatic carbocycles. The zero-order chi connectivity index (χ0) is 14.7. The average molecular weight is 289 g/mol. The van der Waals surface area contributed by atoms with E-state index < -0.39 is 0 Å². The first kappa shape index (κ1) is 14.8. The van der Waals surface area contributed by atoms with Crippen LogP contribution in [0, 0.1) is 5.92 Å². The van der Waals surface area contributed by atoms with Crippen LogP contribution in [0.4, 0.5) is 5.82 Å². The van der Waals surface area contributed by atoms with Crippen LogP contribution in [0.2, 0.25) is 0 Å². The number of nitrogens with two attached hydrogens (primary N) is 1. The monoisotopic (exact) mass is 289 g/mol. The maximum Gasteiger partial charge on any atom is 0.133 e. The van der Waals surface area contributed by atoms with Crippen molar-refractivity contribution in [1.29, 1.82) is 0 Å². The van der Waals surface area contributed by atoms with E-state index >= 15 is 0 Å². The Morgan fingerprint density at radius 1 is 1.29 bits per heavy atom. The van der Waals surface area contributed by atoms with Gasteiger partial charge in [-0.05, 0) is 56.1 Å². The second-order valence-corrected chi connectivity index (χ2v) is 6.42. The van der Waals surface area contributed by atoms with Crippen molar-refractivity contribution in [1.82, 2.24) is 4.98 Å². The predicted octanol–water partition coefficient (Wildman–Crippen LogP) is 2.28. The first-order valence-corrected chi connectivity index (χ1v) is 8.28. The summed E-state index contributed by atoms with van der Waals surface area (Å²) in [5.74, 6) is 1.82. The van der Waals surface area contributed by atoms with Gasteiger partial charge in [0, 0.05) is 44.6 Å². The molecule has 1 aromatic heterocycles. The Kier molecular flexibility index (Phi) is 4.76. The summed E-state index contributed by atoms with van der Waals surface area (Å²) in [7, 11) is 2.16. The van der Waals surface area contributed by atoms with Crippen LogP contribution in [0.15, 0.2) is 6.07 Å². The molecule has 3 rings (SSSR count). The normalized spacial score (nSPS) is 19.3. The molecule has 4 heteroatoms. The third-order valence-corrected chi connectivity index (χ3v) is 4.81. The van der Waals surface area contributed by atoms with Crippen LogP contribution in [0.3, 0.4) is 0 Å². The number of aryl methyl sites for hydroxylation is 2. The van der Waals surface area contributed by atoms with Crippen molar-refractivity contribution >= 4 is 5.82 Å². The molecule has 4 nitrogen and oxygen atoms in total. The lowest BCUT2D eigenvalue weighted by atomic mass is 9.94. The molecule has 2 heterocycles. The number of fused-ring (bicyclic) bond motifs is 1. The third kappa shape index (κ3) is 3.38. The Balaban J connectivity index is 1.78. The van der Waals surface area contributed by atoms with Crippen molar-refractivity contribution in [3.05, 3.63) is 22.9 Å². The molecule has 1 aliphatic heterocycles. The molecule has 1 saturated heterocycles. The van der Waals surface area contributed by atoms with Crippen molar-refractivity contribution in [2.75, 3.05) is 31.7 Å². The van der Waals surface area contributed by atoms with E-state index in [1.165, 1.54) is 36.1 Å². The summed E-state index contributed by atoms with van der Waals surface area (Å²) >= 11 is 0. The van der Waals surface area contributed by atoms with E-state index in [1.54, 1.807) is 0 Å². The Bertz CT molecular complexity index is 483. The Morgan fingerprint density at radius 3 is 2.81 bits per heavy atom. The van der Waals surface area contributed by atoms with E-state index in [0.717, 1.165) is 44.8 Å².